The van der Waals surface area contributed by atoms with Crippen molar-refractivity contribution in [1.82, 2.24) is 4.90 Å². The number of anilines is 1. The molecule has 0 aliphatic rings. The Morgan fingerprint density at radius 3 is 2.22 bits per heavy atom. The van der Waals surface area contributed by atoms with Crippen molar-refractivity contribution in [2.24, 2.45) is 0 Å². The van der Waals surface area contributed by atoms with Crippen molar-refractivity contribution in [1.29, 1.82) is 0 Å². The third kappa shape index (κ3) is 4.46. The van der Waals surface area contributed by atoms with E-state index in [-0.39, 0.29) is 12.5 Å². The van der Waals surface area contributed by atoms with Crippen LogP contribution in [0, 0.1) is 0 Å². The van der Waals surface area contributed by atoms with E-state index in [4.69, 9.17) is 0 Å². The van der Waals surface area contributed by atoms with E-state index in [1.807, 2.05) is 60.7 Å². The zero-order valence-electron chi connectivity index (χ0n) is 15.4. The lowest BCUT2D eigenvalue weighted by molar-refractivity contribution is -0.128. The second-order valence-corrected chi connectivity index (χ2v) is 8.41. The molecule has 0 aliphatic carbocycles. The first-order valence-corrected chi connectivity index (χ1v) is 10.4. The highest BCUT2D eigenvalue weighted by molar-refractivity contribution is 7.92. The van der Waals surface area contributed by atoms with Gasteiger partial charge in [-0.25, -0.2) is 8.42 Å². The summed E-state index contributed by atoms with van der Waals surface area (Å²) >= 11 is 0. The molecular weight excluding hydrogens is 360 g/mol. The van der Waals surface area contributed by atoms with Crippen molar-refractivity contribution in [3.05, 3.63) is 78.4 Å². The number of fused-ring (bicyclic) bond motifs is 1. The van der Waals surface area contributed by atoms with Gasteiger partial charge in [0.15, 0.2) is 0 Å². The van der Waals surface area contributed by atoms with Crippen LogP contribution in [0.25, 0.3) is 10.8 Å². The number of nitrogens with zero attached hydrogens (tertiary/aromatic N) is 2. The highest BCUT2D eigenvalue weighted by atomic mass is 32.2. The minimum Gasteiger partial charge on any atom is -0.340 e. The Balaban J connectivity index is 1.89. The van der Waals surface area contributed by atoms with Crippen molar-refractivity contribution < 1.29 is 13.2 Å². The summed E-state index contributed by atoms with van der Waals surface area (Å²) in [5.74, 6) is -0.266. The smallest absolute Gasteiger partial charge is 0.243 e. The molecule has 3 rings (SSSR count). The van der Waals surface area contributed by atoms with Crippen LogP contribution in [-0.4, -0.2) is 39.1 Å². The van der Waals surface area contributed by atoms with Crippen LogP contribution in [0.5, 0.6) is 0 Å². The molecule has 27 heavy (non-hydrogen) atoms. The summed E-state index contributed by atoms with van der Waals surface area (Å²) in [6, 6.07) is 22.6. The Morgan fingerprint density at radius 2 is 1.52 bits per heavy atom. The van der Waals surface area contributed by atoms with Gasteiger partial charge in [-0.1, -0.05) is 66.7 Å². The zero-order valence-corrected chi connectivity index (χ0v) is 16.2. The maximum atomic E-state index is 12.7. The number of benzene rings is 3. The molecule has 1 amide bonds. The summed E-state index contributed by atoms with van der Waals surface area (Å²) in [6.45, 7) is 0.184. The first kappa shape index (κ1) is 18.9. The molecule has 140 valence electrons. The topological polar surface area (TPSA) is 57.7 Å². The minimum atomic E-state index is -3.63. The number of hydrogen-bond donors (Lipinski definition) is 0. The van der Waals surface area contributed by atoms with Crippen LogP contribution in [0.1, 0.15) is 5.56 Å². The first-order chi connectivity index (χ1) is 12.9. The summed E-state index contributed by atoms with van der Waals surface area (Å²) in [5.41, 5.74) is 1.50. The van der Waals surface area contributed by atoms with E-state index in [2.05, 4.69) is 0 Å². The highest BCUT2D eigenvalue weighted by Crippen LogP contribution is 2.28. The summed E-state index contributed by atoms with van der Waals surface area (Å²) in [4.78, 5) is 14.3. The van der Waals surface area contributed by atoms with Gasteiger partial charge in [-0.15, -0.1) is 0 Å². The van der Waals surface area contributed by atoms with Gasteiger partial charge in [0.05, 0.1) is 11.9 Å². The average molecular weight is 382 g/mol. The van der Waals surface area contributed by atoms with Gasteiger partial charge in [0, 0.05) is 19.0 Å². The molecule has 0 heterocycles. The Hall–Kier alpha value is -2.86. The summed E-state index contributed by atoms with van der Waals surface area (Å²) in [5, 5.41) is 1.72. The van der Waals surface area contributed by atoms with E-state index in [0.29, 0.717) is 12.2 Å². The molecule has 0 unspecified atom stereocenters. The van der Waals surface area contributed by atoms with Gasteiger partial charge in [0.2, 0.25) is 15.9 Å². The third-order valence-electron chi connectivity index (χ3n) is 4.40. The van der Waals surface area contributed by atoms with Gasteiger partial charge in [-0.3, -0.25) is 9.10 Å². The molecule has 0 saturated carbocycles. The maximum Gasteiger partial charge on any atom is 0.243 e. The number of rotatable bonds is 6. The Labute approximate surface area is 159 Å². The van der Waals surface area contributed by atoms with Crippen molar-refractivity contribution in [3.63, 3.8) is 0 Å². The number of sulfonamides is 1. The largest absolute Gasteiger partial charge is 0.340 e. The van der Waals surface area contributed by atoms with Crippen molar-refractivity contribution in [3.8, 4) is 0 Å². The molecule has 0 fully saturated rings. The number of likely N-dealkylation sites (N-methyl/N-ethyl adjacent to an activating group) is 1. The van der Waals surface area contributed by atoms with Crippen LogP contribution < -0.4 is 4.31 Å². The molecule has 3 aromatic carbocycles. The Kier molecular flexibility index (Phi) is 5.46. The fourth-order valence-electron chi connectivity index (χ4n) is 3.00. The molecule has 0 aromatic heterocycles. The predicted octanol–water partition coefficient (Wildman–Crippen LogP) is 3.26. The molecule has 5 nitrogen and oxygen atoms in total. The Morgan fingerprint density at radius 1 is 0.889 bits per heavy atom. The summed E-state index contributed by atoms with van der Waals surface area (Å²) in [7, 11) is -1.95. The van der Waals surface area contributed by atoms with Gasteiger partial charge in [0.1, 0.15) is 6.54 Å². The molecule has 6 heteroatoms. The maximum absolute atomic E-state index is 12.7. The van der Waals surface area contributed by atoms with Crippen molar-refractivity contribution in [2.75, 3.05) is 24.2 Å². The van der Waals surface area contributed by atoms with Gasteiger partial charge < -0.3 is 4.90 Å². The lowest BCUT2D eigenvalue weighted by atomic mass is 10.1. The number of hydrogen-bond acceptors (Lipinski definition) is 3. The van der Waals surface area contributed by atoms with E-state index in [1.54, 1.807) is 24.1 Å². The number of carbonyl (C=O) groups excluding carboxylic acids is 1. The van der Waals surface area contributed by atoms with E-state index in [9.17, 15) is 13.2 Å². The van der Waals surface area contributed by atoms with Crippen LogP contribution >= 0.6 is 0 Å². The van der Waals surface area contributed by atoms with Gasteiger partial charge in [-0.2, -0.15) is 0 Å². The lowest BCUT2D eigenvalue weighted by Gasteiger charge is -2.26. The van der Waals surface area contributed by atoms with E-state index in [1.165, 1.54) is 4.31 Å². The first-order valence-electron chi connectivity index (χ1n) is 8.59. The van der Waals surface area contributed by atoms with Crippen LogP contribution in [0.2, 0.25) is 0 Å². The van der Waals surface area contributed by atoms with Crippen molar-refractivity contribution in [2.45, 2.75) is 6.54 Å². The molecule has 0 saturated heterocycles. The monoisotopic (exact) mass is 382 g/mol. The van der Waals surface area contributed by atoms with Gasteiger partial charge in [-0.05, 0) is 17.0 Å². The second-order valence-electron chi connectivity index (χ2n) is 6.50. The average Bonchev–Trinajstić information content (AvgIpc) is 2.65. The highest BCUT2D eigenvalue weighted by Gasteiger charge is 2.24. The molecule has 0 atom stereocenters. The van der Waals surface area contributed by atoms with Crippen LogP contribution in [0.4, 0.5) is 5.69 Å². The SMILES string of the molecule is CN(Cc1ccccc1)C(=O)CN(c1cccc2ccccc12)S(C)(=O)=O. The number of amides is 1. The molecule has 3 aromatic rings. The van der Waals surface area contributed by atoms with Crippen molar-refractivity contribution >= 4 is 32.4 Å². The summed E-state index contributed by atoms with van der Waals surface area (Å²) < 4.78 is 26.1. The van der Waals surface area contributed by atoms with Crippen LogP contribution in [0.15, 0.2) is 72.8 Å². The molecule has 0 N–H and O–H groups in total. The molecular formula is C21H22N2O3S. The predicted molar refractivity (Wildman–Crippen MR) is 109 cm³/mol. The zero-order chi connectivity index (χ0) is 19.4. The quantitative estimate of drug-likeness (QED) is 0.657. The van der Waals surface area contributed by atoms with E-state index in [0.717, 1.165) is 22.6 Å². The van der Waals surface area contributed by atoms with Crippen LogP contribution in [-0.2, 0) is 21.4 Å². The second kappa shape index (κ2) is 7.80. The van der Waals surface area contributed by atoms with E-state index >= 15 is 0 Å². The Bertz CT molecular complexity index is 1040. The van der Waals surface area contributed by atoms with E-state index < -0.39 is 10.0 Å². The van der Waals surface area contributed by atoms with Gasteiger partial charge in [0.25, 0.3) is 0 Å². The fourth-order valence-corrected chi connectivity index (χ4v) is 3.86. The van der Waals surface area contributed by atoms with Crippen LogP contribution in [0.3, 0.4) is 0 Å². The standard InChI is InChI=1S/C21H22N2O3S/c1-22(15-17-9-4-3-5-10-17)21(24)16-23(27(2,25)26)20-14-8-12-18-11-6-7-13-19(18)20/h3-14H,15-16H2,1-2H3. The summed E-state index contributed by atoms with van der Waals surface area (Å²) in [6.07, 6.45) is 1.12. The molecule has 0 radical (unpaired) electrons. The fraction of sp³-hybridized carbons (Fsp3) is 0.190. The normalized spacial score (nSPS) is 11.3. The van der Waals surface area contributed by atoms with Gasteiger partial charge >= 0.3 is 0 Å². The minimum absolute atomic E-state index is 0.240. The third-order valence-corrected chi connectivity index (χ3v) is 5.53. The molecule has 0 spiro atoms. The number of carbonyl (C=O) groups is 1. The molecule has 0 aliphatic heterocycles. The molecule has 0 bridgehead atoms. The lowest BCUT2D eigenvalue weighted by Crippen LogP contribution is -2.41.